The second-order valence-electron chi connectivity index (χ2n) is 7.25. The Bertz CT molecular complexity index is 1160. The number of oxazole rings is 1. The maximum atomic E-state index is 14.1. The molecule has 9 heteroatoms. The highest BCUT2D eigenvalue weighted by Gasteiger charge is 2.64. The highest BCUT2D eigenvalue weighted by Crippen LogP contribution is 2.58. The van der Waals surface area contributed by atoms with Gasteiger partial charge in [0, 0.05) is 17.8 Å². The molecule has 2 heterocycles. The Morgan fingerprint density at radius 3 is 2.66 bits per heavy atom. The first-order chi connectivity index (χ1) is 15.4. The molecule has 0 bridgehead atoms. The Balaban J connectivity index is 2.07. The number of nitrogens with zero attached hydrogens (tertiary/aromatic N) is 2. The zero-order valence-corrected chi connectivity index (χ0v) is 17.8. The van der Waals surface area contributed by atoms with E-state index in [1.807, 2.05) is 0 Å². The first-order valence-electron chi connectivity index (χ1n) is 10.3. The molecule has 1 spiro atoms. The number of hydrogen-bond acceptors (Lipinski definition) is 8. The highest BCUT2D eigenvalue weighted by atomic mass is 16.5. The minimum absolute atomic E-state index is 0.0127. The number of amides is 1. The summed E-state index contributed by atoms with van der Waals surface area (Å²) in [7, 11) is 0. The predicted octanol–water partition coefficient (Wildman–Crippen LogP) is 2.32. The van der Waals surface area contributed by atoms with Crippen LogP contribution in [0.25, 0.3) is 11.3 Å². The largest absolute Gasteiger partial charge is 0.466 e. The average Bonchev–Trinajstić information content (AvgIpc) is 3.34. The summed E-state index contributed by atoms with van der Waals surface area (Å²) in [6.45, 7) is 7.38. The maximum absolute atomic E-state index is 14.1. The molecule has 1 aliphatic carbocycles. The molecule has 9 nitrogen and oxygen atoms in total. The Hall–Kier alpha value is -3.88. The topological polar surface area (TPSA) is 125 Å². The molecule has 1 aromatic carbocycles. The molecule has 2 aliphatic rings. The van der Waals surface area contributed by atoms with Gasteiger partial charge in [0.15, 0.2) is 11.2 Å². The van der Waals surface area contributed by atoms with Crippen LogP contribution in [0, 0.1) is 0 Å². The molecule has 2 N–H and O–H groups in total. The second-order valence-corrected chi connectivity index (χ2v) is 7.25. The van der Waals surface area contributed by atoms with Crippen molar-refractivity contribution in [2.45, 2.75) is 25.7 Å². The third-order valence-electron chi connectivity index (χ3n) is 5.54. The van der Waals surface area contributed by atoms with Crippen LogP contribution in [0.4, 0.5) is 6.01 Å². The van der Waals surface area contributed by atoms with Gasteiger partial charge in [-0.15, -0.1) is 6.58 Å². The molecule has 1 unspecified atom stereocenters. The molecule has 1 aromatic heterocycles. The molecular formula is C23H23N3O6. The van der Waals surface area contributed by atoms with Crippen LogP contribution < -0.4 is 5.73 Å². The van der Waals surface area contributed by atoms with Crippen molar-refractivity contribution in [3.63, 3.8) is 0 Å². The number of carbonyl (C=O) groups excluding carboxylic acids is 3. The fourth-order valence-corrected chi connectivity index (χ4v) is 4.49. The minimum atomic E-state index is -1.65. The van der Waals surface area contributed by atoms with Crippen LogP contribution >= 0.6 is 0 Å². The summed E-state index contributed by atoms with van der Waals surface area (Å²) in [6, 6.07) is 6.92. The number of benzene rings is 1. The van der Waals surface area contributed by atoms with Crippen LogP contribution in [0.1, 0.15) is 31.5 Å². The van der Waals surface area contributed by atoms with E-state index in [2.05, 4.69) is 11.6 Å². The Kier molecular flexibility index (Phi) is 5.33. The lowest BCUT2D eigenvalue weighted by Crippen LogP contribution is -2.42. The van der Waals surface area contributed by atoms with Crippen molar-refractivity contribution in [3.05, 3.63) is 59.4 Å². The number of hydrogen-bond donors (Lipinski definition) is 1. The zero-order chi connectivity index (χ0) is 23.0. The molecule has 2 aromatic rings. The number of rotatable bonds is 7. The Morgan fingerprint density at radius 1 is 1.25 bits per heavy atom. The van der Waals surface area contributed by atoms with E-state index in [0.29, 0.717) is 16.9 Å². The second kappa shape index (κ2) is 7.99. The Morgan fingerprint density at radius 2 is 1.97 bits per heavy atom. The number of nitrogens with two attached hydrogens (primary N) is 1. The molecule has 0 saturated heterocycles. The molecule has 32 heavy (non-hydrogen) atoms. The lowest BCUT2D eigenvalue weighted by Gasteiger charge is -2.26. The summed E-state index contributed by atoms with van der Waals surface area (Å²) in [4.78, 5) is 45.5. The van der Waals surface area contributed by atoms with Gasteiger partial charge in [-0.05, 0) is 19.4 Å². The van der Waals surface area contributed by atoms with Gasteiger partial charge in [0.05, 0.1) is 25.2 Å². The van der Waals surface area contributed by atoms with E-state index in [9.17, 15) is 14.4 Å². The molecule has 4 rings (SSSR count). The van der Waals surface area contributed by atoms with Gasteiger partial charge in [-0.25, -0.2) is 4.79 Å². The number of esters is 2. The lowest BCUT2D eigenvalue weighted by atomic mass is 9.74. The van der Waals surface area contributed by atoms with Crippen LogP contribution in [0.5, 0.6) is 0 Å². The molecule has 1 amide bonds. The monoisotopic (exact) mass is 437 g/mol. The zero-order valence-electron chi connectivity index (χ0n) is 17.8. The van der Waals surface area contributed by atoms with E-state index < -0.39 is 23.3 Å². The molecule has 1 atom stereocenters. The van der Waals surface area contributed by atoms with Gasteiger partial charge in [0.2, 0.25) is 5.91 Å². The van der Waals surface area contributed by atoms with E-state index in [0.717, 1.165) is 0 Å². The van der Waals surface area contributed by atoms with Crippen molar-refractivity contribution in [2.75, 3.05) is 25.5 Å². The number of fused-ring (bicyclic) bond motifs is 5. The summed E-state index contributed by atoms with van der Waals surface area (Å²) >= 11 is 0. The van der Waals surface area contributed by atoms with Crippen molar-refractivity contribution in [3.8, 4) is 11.3 Å². The van der Waals surface area contributed by atoms with Crippen LogP contribution in [0.15, 0.2) is 52.6 Å². The molecule has 0 radical (unpaired) electrons. The van der Waals surface area contributed by atoms with Gasteiger partial charge >= 0.3 is 11.9 Å². The van der Waals surface area contributed by atoms with E-state index >= 15 is 0 Å². The van der Waals surface area contributed by atoms with Gasteiger partial charge in [-0.2, -0.15) is 4.98 Å². The predicted molar refractivity (Wildman–Crippen MR) is 114 cm³/mol. The van der Waals surface area contributed by atoms with E-state index in [1.54, 1.807) is 38.1 Å². The number of anilines is 1. The smallest absolute Gasteiger partial charge is 0.337 e. The number of nitrogen functional groups attached to an aromatic ring is 1. The first kappa shape index (κ1) is 21.4. The first-order valence-corrected chi connectivity index (χ1v) is 10.3. The normalized spacial score (nSPS) is 18.7. The third-order valence-corrected chi connectivity index (χ3v) is 5.54. The molecule has 166 valence electrons. The lowest BCUT2D eigenvalue weighted by molar-refractivity contribution is -0.142. The molecular weight excluding hydrogens is 414 g/mol. The van der Waals surface area contributed by atoms with Crippen LogP contribution in [-0.2, 0) is 29.3 Å². The van der Waals surface area contributed by atoms with Crippen molar-refractivity contribution in [1.29, 1.82) is 0 Å². The third kappa shape index (κ3) is 2.84. The number of aromatic nitrogens is 1. The van der Waals surface area contributed by atoms with Gasteiger partial charge in [0.1, 0.15) is 5.69 Å². The van der Waals surface area contributed by atoms with Crippen molar-refractivity contribution in [2.24, 2.45) is 0 Å². The van der Waals surface area contributed by atoms with Crippen LogP contribution in [-0.4, -0.2) is 47.5 Å². The van der Waals surface area contributed by atoms with E-state index in [-0.39, 0.29) is 49.2 Å². The quantitative estimate of drug-likeness (QED) is 0.517. The van der Waals surface area contributed by atoms with Gasteiger partial charge in [0.25, 0.3) is 6.01 Å². The van der Waals surface area contributed by atoms with Crippen molar-refractivity contribution < 1.29 is 28.3 Å². The fraction of sp³-hybridized carbons (Fsp3) is 0.304. The Labute approximate surface area is 184 Å². The van der Waals surface area contributed by atoms with Crippen molar-refractivity contribution >= 4 is 23.9 Å². The summed E-state index contributed by atoms with van der Waals surface area (Å²) in [5.41, 5.74) is 5.72. The number of carbonyl (C=O) groups is 3. The minimum Gasteiger partial charge on any atom is -0.466 e. The summed E-state index contributed by atoms with van der Waals surface area (Å²) in [6.07, 6.45) is 1.22. The molecule has 0 fully saturated rings. The number of ether oxygens (including phenoxy) is 2. The van der Waals surface area contributed by atoms with Gasteiger partial charge < -0.3 is 24.5 Å². The summed E-state index contributed by atoms with van der Waals surface area (Å²) in [5, 5.41) is 0. The SMILES string of the molecule is C=CCN1C(=O)C2(C(C(=O)OCC)=C1CC(=O)OCC)c1ccccc1-c1oc(N)nc12. The average molecular weight is 437 g/mol. The van der Waals surface area contributed by atoms with Crippen LogP contribution in [0.3, 0.4) is 0 Å². The van der Waals surface area contributed by atoms with Crippen molar-refractivity contribution in [1.82, 2.24) is 9.88 Å². The summed E-state index contributed by atoms with van der Waals surface area (Å²) < 4.78 is 16.1. The highest BCUT2D eigenvalue weighted by molar-refractivity contribution is 6.14. The molecule has 1 aliphatic heterocycles. The standard InChI is InChI=1S/C23H23N3O6/c1-4-11-26-15(12-16(27)30-5-2)17(20(28)31-6-3)23(21(26)29)14-10-8-7-9-13(14)18-19(23)25-22(24)32-18/h4,7-10H,1,5-6,11-12H2,2-3H3,(H2,24,25). The van der Waals surface area contributed by atoms with Gasteiger partial charge in [-0.3, -0.25) is 9.59 Å². The maximum Gasteiger partial charge on any atom is 0.337 e. The van der Waals surface area contributed by atoms with Gasteiger partial charge in [-0.1, -0.05) is 30.3 Å². The van der Waals surface area contributed by atoms with E-state index in [1.165, 1.54) is 11.0 Å². The molecule has 0 saturated carbocycles. The fourth-order valence-electron chi connectivity index (χ4n) is 4.49. The summed E-state index contributed by atoms with van der Waals surface area (Å²) in [5.74, 6) is -1.45. The van der Waals surface area contributed by atoms with E-state index in [4.69, 9.17) is 19.6 Å². The van der Waals surface area contributed by atoms with Crippen LogP contribution in [0.2, 0.25) is 0 Å².